The molecule has 2 rings (SSSR count). The van der Waals surface area contributed by atoms with Crippen molar-refractivity contribution in [1.82, 2.24) is 14.8 Å². The van der Waals surface area contributed by atoms with E-state index >= 15 is 0 Å². The number of hydrogen-bond acceptors (Lipinski definition) is 3. The summed E-state index contributed by atoms with van der Waals surface area (Å²) in [6, 6.07) is 3.69. The van der Waals surface area contributed by atoms with E-state index in [1.54, 1.807) is 17.1 Å². The van der Waals surface area contributed by atoms with E-state index in [1.165, 1.54) is 0 Å². The average molecular weight is 215 g/mol. The Morgan fingerprint density at radius 3 is 2.88 bits per heavy atom. The Balaban J connectivity index is 2.14. The molecule has 0 bridgehead atoms. The molecule has 0 aliphatic rings. The van der Waals surface area contributed by atoms with Crippen LogP contribution < -0.4 is 0 Å². The van der Waals surface area contributed by atoms with Crippen LogP contribution in [0.3, 0.4) is 0 Å². The molecule has 2 aromatic rings. The Morgan fingerprint density at radius 1 is 1.44 bits per heavy atom. The molecule has 0 unspecified atom stereocenters. The molecule has 0 atom stereocenters. The van der Waals surface area contributed by atoms with Crippen molar-refractivity contribution in [3.05, 3.63) is 47.5 Å². The van der Waals surface area contributed by atoms with E-state index in [0.29, 0.717) is 12.0 Å². The molecule has 0 saturated heterocycles. The minimum Gasteiger partial charge on any atom is -0.294 e. The van der Waals surface area contributed by atoms with Gasteiger partial charge in [-0.15, -0.1) is 0 Å². The van der Waals surface area contributed by atoms with E-state index in [-0.39, 0.29) is 5.78 Å². The topological polar surface area (TPSA) is 47.8 Å². The molecule has 0 saturated carbocycles. The summed E-state index contributed by atoms with van der Waals surface area (Å²) in [5, 5.41) is 4.17. The Labute approximate surface area is 93.9 Å². The fourth-order valence-corrected chi connectivity index (χ4v) is 1.53. The molecule has 4 heteroatoms. The molecule has 16 heavy (non-hydrogen) atoms. The smallest absolute Gasteiger partial charge is 0.170 e. The maximum atomic E-state index is 11.9. The Bertz CT molecular complexity index is 516. The van der Waals surface area contributed by atoms with Crippen LogP contribution in [0.5, 0.6) is 0 Å². The van der Waals surface area contributed by atoms with Gasteiger partial charge in [-0.25, -0.2) is 0 Å². The van der Waals surface area contributed by atoms with Crippen LogP contribution in [0.2, 0.25) is 0 Å². The molecule has 2 heterocycles. The van der Waals surface area contributed by atoms with Crippen LogP contribution in [-0.4, -0.2) is 20.5 Å². The Morgan fingerprint density at radius 2 is 2.25 bits per heavy atom. The zero-order valence-corrected chi connectivity index (χ0v) is 9.34. The van der Waals surface area contributed by atoms with Crippen molar-refractivity contribution in [3.8, 4) is 0 Å². The third-order valence-electron chi connectivity index (χ3n) is 2.31. The van der Waals surface area contributed by atoms with Crippen molar-refractivity contribution in [2.24, 2.45) is 7.05 Å². The summed E-state index contributed by atoms with van der Waals surface area (Å²) in [6.07, 6.45) is 5.49. The Kier molecular flexibility index (Phi) is 2.81. The molecule has 0 aliphatic heterocycles. The molecule has 0 amide bonds. The third kappa shape index (κ3) is 2.34. The third-order valence-corrected chi connectivity index (χ3v) is 2.31. The summed E-state index contributed by atoms with van der Waals surface area (Å²) >= 11 is 0. The minimum absolute atomic E-state index is 0.0508. The van der Waals surface area contributed by atoms with Gasteiger partial charge in [0.05, 0.1) is 12.1 Å². The van der Waals surface area contributed by atoms with Gasteiger partial charge in [-0.1, -0.05) is 0 Å². The molecule has 0 aliphatic carbocycles. The molecule has 82 valence electrons. The molecular formula is C12H13N3O. The van der Waals surface area contributed by atoms with E-state index in [0.717, 1.165) is 11.3 Å². The van der Waals surface area contributed by atoms with E-state index in [4.69, 9.17) is 0 Å². The lowest BCUT2D eigenvalue weighted by Crippen LogP contribution is -2.05. The highest BCUT2D eigenvalue weighted by atomic mass is 16.1. The highest BCUT2D eigenvalue weighted by Gasteiger charge is 2.09. The van der Waals surface area contributed by atoms with Gasteiger partial charge in [0.2, 0.25) is 0 Å². The molecule has 0 fully saturated rings. The number of Topliss-reactive ketones (excluding diaryl/α,β-unsaturated/α-hetero) is 1. The fraction of sp³-hybridized carbons (Fsp3) is 0.250. The number of hydrogen-bond donors (Lipinski definition) is 0. The lowest BCUT2D eigenvalue weighted by Gasteiger charge is -1.99. The second kappa shape index (κ2) is 4.26. The first-order valence-corrected chi connectivity index (χ1v) is 5.08. The van der Waals surface area contributed by atoms with Crippen molar-refractivity contribution < 1.29 is 4.79 Å². The van der Waals surface area contributed by atoms with Crippen LogP contribution in [0.25, 0.3) is 0 Å². The van der Waals surface area contributed by atoms with E-state index in [9.17, 15) is 4.79 Å². The summed E-state index contributed by atoms with van der Waals surface area (Å²) in [4.78, 5) is 15.9. The fourth-order valence-electron chi connectivity index (χ4n) is 1.53. The highest BCUT2D eigenvalue weighted by Crippen LogP contribution is 2.06. The quantitative estimate of drug-likeness (QED) is 0.730. The number of carbonyl (C=O) groups excluding carboxylic acids is 1. The van der Waals surface area contributed by atoms with Gasteiger partial charge < -0.3 is 0 Å². The standard InChI is InChI=1S/C12H13N3O/c1-9-5-10(8-13-7-9)12(16)6-11-3-4-15(2)14-11/h3-5,7-8H,6H2,1-2H3. The number of aromatic nitrogens is 3. The molecule has 4 nitrogen and oxygen atoms in total. The zero-order chi connectivity index (χ0) is 11.5. The van der Waals surface area contributed by atoms with Crippen molar-refractivity contribution in [3.63, 3.8) is 0 Å². The van der Waals surface area contributed by atoms with Crippen LogP contribution >= 0.6 is 0 Å². The number of pyridine rings is 1. The maximum Gasteiger partial charge on any atom is 0.170 e. The molecule has 0 spiro atoms. The Hall–Kier alpha value is -1.97. The highest BCUT2D eigenvalue weighted by molar-refractivity contribution is 5.97. The number of rotatable bonds is 3. The van der Waals surface area contributed by atoms with Gasteiger partial charge in [-0.3, -0.25) is 14.5 Å². The number of nitrogens with zero attached hydrogens (tertiary/aromatic N) is 3. The van der Waals surface area contributed by atoms with E-state index in [2.05, 4.69) is 10.1 Å². The van der Waals surface area contributed by atoms with E-state index < -0.39 is 0 Å². The molecule has 0 aromatic carbocycles. The van der Waals surface area contributed by atoms with Gasteiger partial charge in [-0.2, -0.15) is 5.10 Å². The van der Waals surface area contributed by atoms with E-state index in [1.807, 2.05) is 32.3 Å². The maximum absolute atomic E-state index is 11.9. The summed E-state index contributed by atoms with van der Waals surface area (Å²) in [7, 11) is 1.84. The number of ketones is 1. The number of aryl methyl sites for hydroxylation is 2. The predicted octanol–water partition coefficient (Wildman–Crippen LogP) is 1.55. The van der Waals surface area contributed by atoms with Crippen LogP contribution in [0.1, 0.15) is 21.6 Å². The van der Waals surface area contributed by atoms with Crippen molar-refractivity contribution >= 4 is 5.78 Å². The van der Waals surface area contributed by atoms with Crippen molar-refractivity contribution in [1.29, 1.82) is 0 Å². The predicted molar refractivity (Wildman–Crippen MR) is 60.2 cm³/mol. The van der Waals surface area contributed by atoms with Crippen LogP contribution in [-0.2, 0) is 13.5 Å². The monoisotopic (exact) mass is 215 g/mol. The first-order valence-electron chi connectivity index (χ1n) is 5.08. The van der Waals surface area contributed by atoms with Crippen LogP contribution in [0, 0.1) is 6.92 Å². The minimum atomic E-state index is 0.0508. The summed E-state index contributed by atoms with van der Waals surface area (Å²) in [5.41, 5.74) is 2.42. The van der Waals surface area contributed by atoms with Crippen LogP contribution in [0.15, 0.2) is 30.7 Å². The van der Waals surface area contributed by atoms with Gasteiger partial charge >= 0.3 is 0 Å². The lowest BCUT2D eigenvalue weighted by molar-refractivity contribution is 0.0991. The van der Waals surface area contributed by atoms with Crippen molar-refractivity contribution in [2.75, 3.05) is 0 Å². The summed E-state index contributed by atoms with van der Waals surface area (Å²) in [5.74, 6) is 0.0508. The molecular weight excluding hydrogens is 202 g/mol. The molecule has 0 radical (unpaired) electrons. The second-order valence-electron chi connectivity index (χ2n) is 3.83. The normalized spacial score (nSPS) is 10.4. The lowest BCUT2D eigenvalue weighted by atomic mass is 10.1. The second-order valence-corrected chi connectivity index (χ2v) is 3.83. The average Bonchev–Trinajstić information content (AvgIpc) is 2.64. The summed E-state index contributed by atoms with van der Waals surface area (Å²) < 4.78 is 1.69. The van der Waals surface area contributed by atoms with Gasteiger partial charge in [-0.05, 0) is 24.6 Å². The SMILES string of the molecule is Cc1cncc(C(=O)Cc2ccn(C)n2)c1. The largest absolute Gasteiger partial charge is 0.294 e. The molecule has 0 N–H and O–H groups in total. The first-order chi connectivity index (χ1) is 7.65. The van der Waals surface area contributed by atoms with Crippen LogP contribution in [0.4, 0.5) is 0 Å². The summed E-state index contributed by atoms with van der Waals surface area (Å²) in [6.45, 7) is 1.92. The van der Waals surface area contributed by atoms with Gasteiger partial charge in [0, 0.05) is 31.2 Å². The first kappa shape index (κ1) is 10.5. The van der Waals surface area contributed by atoms with Crippen molar-refractivity contribution in [2.45, 2.75) is 13.3 Å². The van der Waals surface area contributed by atoms with Gasteiger partial charge in [0.25, 0.3) is 0 Å². The van der Waals surface area contributed by atoms with Gasteiger partial charge in [0.1, 0.15) is 0 Å². The molecule has 2 aromatic heterocycles. The van der Waals surface area contributed by atoms with Gasteiger partial charge in [0.15, 0.2) is 5.78 Å². The zero-order valence-electron chi connectivity index (χ0n) is 9.34. The number of carbonyl (C=O) groups is 1.